The molecule has 0 aliphatic carbocycles. The normalized spacial score (nSPS) is 12.3. The molecular formula is C34H30FLiNO5S+. The predicted octanol–water partition coefficient (Wildman–Crippen LogP) is 4.58. The topological polar surface area (TPSA) is 88.8 Å². The number of methoxy groups -OCH3 is 1. The molecule has 0 radical (unpaired) electrons. The van der Waals surface area contributed by atoms with Crippen LogP contribution in [0.15, 0.2) is 101 Å². The molecule has 1 amide bonds. The first-order chi connectivity index (χ1) is 20.4. The van der Waals surface area contributed by atoms with Crippen molar-refractivity contribution in [2.45, 2.75) is 18.6 Å². The quantitative estimate of drug-likeness (QED) is 0.219. The molecule has 0 saturated heterocycles. The van der Waals surface area contributed by atoms with Crippen LogP contribution in [-0.2, 0) is 9.53 Å². The third kappa shape index (κ3) is 7.23. The first-order valence-electron chi connectivity index (χ1n) is 13.4. The summed E-state index contributed by atoms with van der Waals surface area (Å²) in [4.78, 5) is 25.5. The molecule has 5 rings (SSSR count). The van der Waals surface area contributed by atoms with Crippen LogP contribution in [0.3, 0.4) is 0 Å². The van der Waals surface area contributed by atoms with Crippen LogP contribution in [0.4, 0.5) is 4.39 Å². The van der Waals surface area contributed by atoms with E-state index in [0.29, 0.717) is 34.8 Å². The molecule has 5 aromatic rings. The van der Waals surface area contributed by atoms with Crippen molar-refractivity contribution in [2.24, 2.45) is 0 Å². The minimum absolute atomic E-state index is 0. The van der Waals surface area contributed by atoms with Crippen LogP contribution in [0.2, 0.25) is 0 Å². The zero-order chi connectivity index (χ0) is 29.6. The van der Waals surface area contributed by atoms with Crippen molar-refractivity contribution in [1.29, 1.82) is 0 Å². The minimum Gasteiger partial charge on any atom is -0.480 e. The van der Waals surface area contributed by atoms with E-state index in [2.05, 4.69) is 5.32 Å². The van der Waals surface area contributed by atoms with E-state index in [4.69, 9.17) is 9.15 Å². The van der Waals surface area contributed by atoms with E-state index < -0.39 is 24.0 Å². The third-order valence-corrected chi connectivity index (χ3v) is 7.78. The number of hydrogen-bond donors (Lipinski definition) is 2. The molecule has 0 bridgehead atoms. The molecule has 1 heterocycles. The average Bonchev–Trinajstić information content (AvgIpc) is 3.49. The number of carbonyl (C=O) groups is 2. The number of thioether (sulfide) groups is 1. The second-order valence-electron chi connectivity index (χ2n) is 9.80. The maximum absolute atomic E-state index is 13.6. The Labute approximate surface area is 265 Å². The molecule has 0 saturated carbocycles. The molecule has 43 heavy (non-hydrogen) atoms. The fourth-order valence-corrected chi connectivity index (χ4v) is 5.49. The summed E-state index contributed by atoms with van der Waals surface area (Å²) in [6.45, 7) is 0. The maximum Gasteiger partial charge on any atom is 1.00 e. The second-order valence-corrected chi connectivity index (χ2v) is 10.8. The summed E-state index contributed by atoms with van der Waals surface area (Å²) in [7, 11) is 1.58. The van der Waals surface area contributed by atoms with Crippen molar-refractivity contribution in [3.05, 3.63) is 120 Å². The molecule has 4 aromatic carbocycles. The summed E-state index contributed by atoms with van der Waals surface area (Å²) in [5, 5.41) is 14.4. The number of halogens is 1. The smallest absolute Gasteiger partial charge is 0.480 e. The molecule has 0 fully saturated rings. The van der Waals surface area contributed by atoms with E-state index in [1.165, 1.54) is 23.9 Å². The largest absolute Gasteiger partial charge is 1.00 e. The number of aliphatic carboxylic acids is 1. The number of amides is 1. The van der Waals surface area contributed by atoms with Gasteiger partial charge in [-0.1, -0.05) is 48.5 Å². The number of carbonyl (C=O) groups excluding carboxylic acids is 1. The van der Waals surface area contributed by atoms with Crippen molar-refractivity contribution in [3.8, 4) is 22.5 Å². The second kappa shape index (κ2) is 14.6. The molecule has 2 unspecified atom stereocenters. The Morgan fingerprint density at radius 1 is 0.953 bits per heavy atom. The van der Waals surface area contributed by atoms with Crippen LogP contribution in [-0.4, -0.2) is 42.1 Å². The van der Waals surface area contributed by atoms with Crippen LogP contribution in [0.5, 0.6) is 0 Å². The number of nitrogens with one attached hydrogen (secondary N) is 1. The number of fused-ring (bicyclic) bond motifs is 1. The maximum atomic E-state index is 13.6. The first kappa shape index (κ1) is 32.1. The molecule has 2 atom stereocenters. The van der Waals surface area contributed by atoms with E-state index in [0.717, 1.165) is 27.5 Å². The fourth-order valence-electron chi connectivity index (χ4n) is 5.01. The number of carboxylic acids is 1. The van der Waals surface area contributed by atoms with Crippen molar-refractivity contribution >= 4 is 34.4 Å². The zero-order valence-electron chi connectivity index (χ0n) is 24.2. The van der Waals surface area contributed by atoms with Crippen molar-refractivity contribution in [2.75, 3.05) is 19.1 Å². The number of benzene rings is 4. The van der Waals surface area contributed by atoms with Crippen LogP contribution < -0.4 is 24.2 Å². The summed E-state index contributed by atoms with van der Waals surface area (Å²) < 4.78 is 25.4. The molecule has 2 N–H and O–H groups in total. The minimum atomic E-state index is -1.07. The van der Waals surface area contributed by atoms with Gasteiger partial charge in [-0.15, -0.1) is 0 Å². The Morgan fingerprint density at radius 3 is 2.42 bits per heavy atom. The Hall–Kier alpha value is -3.80. The number of furan rings is 1. The van der Waals surface area contributed by atoms with Gasteiger partial charge in [0.25, 0.3) is 5.91 Å². The summed E-state index contributed by atoms with van der Waals surface area (Å²) in [6, 6.07) is 27.8. The Morgan fingerprint density at radius 2 is 1.70 bits per heavy atom. The number of hydrogen-bond acceptors (Lipinski definition) is 5. The Kier molecular flexibility index (Phi) is 10.9. The van der Waals surface area contributed by atoms with Gasteiger partial charge in [0.2, 0.25) is 0 Å². The average molecular weight is 591 g/mol. The molecular weight excluding hydrogens is 560 g/mol. The Bertz CT molecular complexity index is 1720. The van der Waals surface area contributed by atoms with E-state index in [-0.39, 0.29) is 24.7 Å². The van der Waals surface area contributed by atoms with Gasteiger partial charge in [-0.3, -0.25) is 4.79 Å². The zero-order valence-corrected chi connectivity index (χ0v) is 25.0. The van der Waals surface area contributed by atoms with Crippen molar-refractivity contribution in [1.82, 2.24) is 5.32 Å². The van der Waals surface area contributed by atoms with E-state index in [1.807, 2.05) is 66.9 Å². The predicted molar refractivity (Wildman–Crippen MR) is 164 cm³/mol. The molecule has 6 nitrogen and oxygen atoms in total. The van der Waals surface area contributed by atoms with Crippen LogP contribution in [0.25, 0.3) is 33.2 Å². The van der Waals surface area contributed by atoms with Gasteiger partial charge < -0.3 is 19.6 Å². The van der Waals surface area contributed by atoms with Gasteiger partial charge in [0, 0.05) is 18.2 Å². The Balaban J connectivity index is 0.00000423. The molecule has 0 aliphatic rings. The van der Waals surface area contributed by atoms with Crippen molar-refractivity contribution in [3.63, 3.8) is 0 Å². The molecule has 0 spiro atoms. The van der Waals surface area contributed by atoms with E-state index in [9.17, 15) is 19.1 Å². The van der Waals surface area contributed by atoms with Gasteiger partial charge in [-0.25, -0.2) is 9.18 Å². The van der Waals surface area contributed by atoms with Gasteiger partial charge in [-0.05, 0) is 94.4 Å². The summed E-state index contributed by atoms with van der Waals surface area (Å²) in [5.41, 5.74) is 3.30. The molecule has 1 aromatic heterocycles. The number of carboxylic acid groups (broad SMARTS) is 1. The third-order valence-electron chi connectivity index (χ3n) is 7.13. The summed E-state index contributed by atoms with van der Waals surface area (Å²) in [6.07, 6.45) is 1.61. The van der Waals surface area contributed by atoms with Gasteiger partial charge in [0.15, 0.2) is 0 Å². The van der Waals surface area contributed by atoms with Gasteiger partial charge in [0.05, 0.1) is 0 Å². The van der Waals surface area contributed by atoms with Crippen LogP contribution >= 0.6 is 11.8 Å². The van der Waals surface area contributed by atoms with Gasteiger partial charge in [-0.2, -0.15) is 11.8 Å². The molecule has 0 aliphatic heterocycles. The first-order valence-corrected chi connectivity index (χ1v) is 14.8. The monoisotopic (exact) mass is 590 g/mol. The van der Waals surface area contributed by atoms with Crippen LogP contribution in [0.1, 0.15) is 34.2 Å². The van der Waals surface area contributed by atoms with Gasteiger partial charge in [0.1, 0.15) is 29.5 Å². The number of ether oxygens (including phenoxy) is 1. The fraction of sp³-hybridized carbons (Fsp3) is 0.176. The SMILES string of the molecule is COC(c1ccc(C(=O)NC(CCSC)C(=O)O)c(-c2cccc3ccccc23)c1)c1ccc(-c2ccc(F)cc2)o1.[Li+]. The number of rotatable bonds is 11. The summed E-state index contributed by atoms with van der Waals surface area (Å²) >= 11 is 1.52. The van der Waals surface area contributed by atoms with Crippen LogP contribution in [0, 0.1) is 5.82 Å². The summed E-state index contributed by atoms with van der Waals surface area (Å²) in [5.74, 6) is -0.156. The van der Waals surface area contributed by atoms with Gasteiger partial charge >= 0.3 is 24.8 Å². The standard InChI is InChI=1S/C34H30FNO5S.Li/c1-40-32(31-17-16-30(41-31)22-10-13-24(35)14-11-22)23-12-15-27(33(37)36-29(34(38)39)18-19-42-2)28(20-23)26-9-5-7-21-6-3-4-8-25(21)26;/h3-17,20,29,32H,18-19H2,1-2H3,(H,36,37)(H,38,39);/q;+1. The van der Waals surface area contributed by atoms with E-state index in [1.54, 1.807) is 31.4 Å². The van der Waals surface area contributed by atoms with Crippen molar-refractivity contribution < 1.29 is 47.1 Å². The molecule has 9 heteroatoms. The van der Waals surface area contributed by atoms with E-state index >= 15 is 0 Å². The molecule has 214 valence electrons.